The molecule has 3 aliphatic rings. The van der Waals surface area contributed by atoms with E-state index in [9.17, 15) is 71.9 Å². The van der Waals surface area contributed by atoms with Crippen molar-refractivity contribution in [3.05, 3.63) is 122 Å². The maximum atomic E-state index is 16.3. The molecule has 20 nitrogen and oxygen atoms in total. The van der Waals surface area contributed by atoms with Gasteiger partial charge in [0.05, 0.1) is 43.8 Å². The normalized spacial score (nSPS) is 16.6. The van der Waals surface area contributed by atoms with Crippen LogP contribution in [0.5, 0.6) is 23.0 Å². The summed E-state index contributed by atoms with van der Waals surface area (Å²) in [5, 5.41) is 5.75. The predicted octanol–water partition coefficient (Wildman–Crippen LogP) is 6.78. The summed E-state index contributed by atoms with van der Waals surface area (Å²) >= 11 is 0. The summed E-state index contributed by atoms with van der Waals surface area (Å²) in [6.07, 6.45) is 0.604. The minimum absolute atomic E-state index is 0.0435. The number of anilines is 1. The Hall–Kier alpha value is -8.16. The maximum absolute atomic E-state index is 16.3. The number of amides is 2. The number of rotatable bonds is 15. The maximum Gasteiger partial charge on any atom is 0.534 e. The summed E-state index contributed by atoms with van der Waals surface area (Å²) in [5.74, 6) is -22.5. The van der Waals surface area contributed by atoms with Crippen LogP contribution < -0.4 is 34.3 Å². The highest BCUT2D eigenvalue weighted by Gasteiger charge is 2.58. The number of fused-ring (bicyclic) bond motifs is 7. The van der Waals surface area contributed by atoms with Crippen LogP contribution >= 0.6 is 0 Å². The number of hydrogen-bond acceptors (Lipinski definition) is 18. The second-order valence-corrected chi connectivity index (χ2v) is 20.5. The molecule has 422 valence electrons. The second-order valence-electron chi connectivity index (χ2n) is 17.5. The van der Waals surface area contributed by atoms with Gasteiger partial charge in [-0.15, -0.1) is 0 Å². The number of alkyl halides is 6. The highest BCUT2D eigenvalue weighted by molar-refractivity contribution is 7.88. The van der Waals surface area contributed by atoms with E-state index in [2.05, 4.69) is 19.0 Å². The molecular weight excluding hydrogens is 1130 g/mol. The van der Waals surface area contributed by atoms with E-state index in [1.165, 1.54) is 26.4 Å². The van der Waals surface area contributed by atoms with Gasteiger partial charge in [-0.3, -0.25) is 19.2 Å². The highest BCUT2D eigenvalue weighted by Crippen LogP contribution is 2.60. The first-order chi connectivity index (χ1) is 36.9. The van der Waals surface area contributed by atoms with Gasteiger partial charge in [0.25, 0.3) is 11.8 Å². The van der Waals surface area contributed by atoms with Crippen molar-refractivity contribution < 1.29 is 116 Å². The number of ether oxygens (including phenoxy) is 4. The minimum Gasteiger partial charge on any atom is -0.469 e. The standard InChI is InChI=1S/C47H35F10N3O17S2/c1-71-33(61)11-13-60(14-12-34(62)72-2)24-9-3-20-15-26(43(65)73-32(20)17-24)42(64)59-23-7-5-22(6-8-23)58-41(63)21-4-10-25-27(16-21)45(75-44(25)66)28-18-30(48)39(76-78(67,68)46(52,53)54)35(50)37(28)74-38-29(45)19-31(49)40(36(38)51)77-79(69,70)47(55,56)57/h3-4,9-10,15-19,22-23H,5-8,11-14H2,1-2H3,(H,58,63)(H,59,64). The van der Waals surface area contributed by atoms with Gasteiger partial charge in [-0.05, 0) is 74.2 Å². The average molecular weight is 1170 g/mol. The van der Waals surface area contributed by atoms with Gasteiger partial charge in [0.15, 0.2) is 28.7 Å². The Morgan fingerprint density at radius 3 is 1.65 bits per heavy atom. The molecule has 5 aromatic rings. The van der Waals surface area contributed by atoms with Gasteiger partial charge in [0, 0.05) is 53.4 Å². The summed E-state index contributed by atoms with van der Waals surface area (Å²) in [4.78, 5) is 79.4. The van der Waals surface area contributed by atoms with Gasteiger partial charge in [0.2, 0.25) is 23.1 Å². The van der Waals surface area contributed by atoms with Gasteiger partial charge in [-0.25, -0.2) is 18.4 Å². The number of hydrogen-bond donors (Lipinski definition) is 2. The zero-order valence-corrected chi connectivity index (χ0v) is 41.6. The number of carbonyl (C=O) groups is 5. The van der Waals surface area contributed by atoms with E-state index in [-0.39, 0.29) is 74.9 Å². The van der Waals surface area contributed by atoms with Crippen molar-refractivity contribution in [3.63, 3.8) is 0 Å². The SMILES string of the molecule is COC(=O)CCN(CCC(=O)OC)c1ccc2cc(C(=O)NC3CCC(NC(=O)c4ccc5c(c4)C4(OC5=O)c5cc(F)c(OS(=O)(=O)C(F)(F)F)c(F)c5Oc5c4cc(F)c(OS(=O)(=O)C(F)(F)F)c5F)CC3)c(=O)oc2c1. The van der Waals surface area contributed by atoms with Crippen molar-refractivity contribution >= 4 is 66.6 Å². The van der Waals surface area contributed by atoms with Crippen LogP contribution in [0.4, 0.5) is 49.6 Å². The lowest BCUT2D eigenvalue weighted by Gasteiger charge is -2.37. The Morgan fingerprint density at radius 1 is 0.671 bits per heavy atom. The number of halogens is 10. The Morgan fingerprint density at radius 2 is 1.16 bits per heavy atom. The molecule has 1 aliphatic carbocycles. The Kier molecular flexibility index (Phi) is 15.1. The Bertz CT molecular complexity index is 3550. The van der Waals surface area contributed by atoms with E-state index in [0.717, 1.165) is 18.2 Å². The molecule has 0 unspecified atom stereocenters. The summed E-state index contributed by atoms with van der Waals surface area (Å²) in [6.45, 7) is 0.248. The summed E-state index contributed by atoms with van der Waals surface area (Å²) in [7, 11) is -11.4. The average Bonchev–Trinajstić information content (AvgIpc) is 3.21. The number of methoxy groups -OCH3 is 2. The van der Waals surface area contributed by atoms with E-state index in [4.69, 9.17) is 23.4 Å². The third-order valence-corrected chi connectivity index (χ3v) is 14.6. The van der Waals surface area contributed by atoms with Gasteiger partial charge < -0.3 is 47.3 Å². The first-order valence-corrected chi connectivity index (χ1v) is 25.4. The predicted molar refractivity (Wildman–Crippen MR) is 245 cm³/mol. The van der Waals surface area contributed by atoms with Crippen LogP contribution in [0.25, 0.3) is 11.0 Å². The van der Waals surface area contributed by atoms with Crippen molar-refractivity contribution in [3.8, 4) is 23.0 Å². The van der Waals surface area contributed by atoms with Crippen LogP contribution in [0.3, 0.4) is 0 Å². The Balaban J connectivity index is 1.04. The number of benzene rings is 4. The van der Waals surface area contributed by atoms with E-state index in [1.807, 2.05) is 0 Å². The van der Waals surface area contributed by atoms with E-state index < -0.39 is 158 Å². The summed E-state index contributed by atoms with van der Waals surface area (Å²) in [5.41, 5.74) is -21.1. The number of esters is 3. The van der Waals surface area contributed by atoms with Crippen LogP contribution in [-0.2, 0) is 49.6 Å². The fourth-order valence-electron chi connectivity index (χ4n) is 8.80. The highest BCUT2D eigenvalue weighted by atomic mass is 32.2. The summed E-state index contributed by atoms with van der Waals surface area (Å²) < 4.78 is 224. The van der Waals surface area contributed by atoms with Gasteiger partial charge in [-0.1, -0.05) is 0 Å². The fourth-order valence-corrected chi connectivity index (χ4v) is 9.74. The number of nitrogens with zero attached hydrogens (tertiary/aromatic N) is 1. The molecule has 1 spiro atoms. The van der Waals surface area contributed by atoms with Crippen molar-refractivity contribution in [2.45, 2.75) is 67.2 Å². The molecular formula is C47H35F10N3O17S2. The molecule has 2 N–H and O–H groups in total. The number of carbonyl (C=O) groups excluding carboxylic acids is 5. The van der Waals surface area contributed by atoms with E-state index in [0.29, 0.717) is 11.1 Å². The van der Waals surface area contributed by atoms with E-state index >= 15 is 17.6 Å². The minimum atomic E-state index is -6.92. The van der Waals surface area contributed by atoms with Crippen molar-refractivity contribution in [2.75, 3.05) is 32.2 Å². The monoisotopic (exact) mass is 1170 g/mol. The van der Waals surface area contributed by atoms with Crippen molar-refractivity contribution in [2.24, 2.45) is 0 Å². The lowest BCUT2D eigenvalue weighted by atomic mass is 9.76. The third-order valence-electron chi connectivity index (χ3n) is 12.7. The molecule has 32 heteroatoms. The van der Waals surface area contributed by atoms with Gasteiger partial charge >= 0.3 is 54.8 Å². The molecule has 8 rings (SSSR count). The quantitative estimate of drug-likeness (QED) is 0.0273. The van der Waals surface area contributed by atoms with Crippen LogP contribution in [0, 0.1) is 23.3 Å². The van der Waals surface area contributed by atoms with Crippen molar-refractivity contribution in [1.82, 2.24) is 10.6 Å². The first-order valence-electron chi connectivity index (χ1n) is 22.6. The lowest BCUT2D eigenvalue weighted by Crippen LogP contribution is -2.44. The topological polar surface area (TPSA) is 267 Å². The molecule has 1 saturated carbocycles. The van der Waals surface area contributed by atoms with Crippen LogP contribution in [-0.4, -0.2) is 97.0 Å². The molecule has 3 heterocycles. The third kappa shape index (κ3) is 10.8. The zero-order valence-electron chi connectivity index (χ0n) is 40.0. The molecule has 1 fully saturated rings. The summed E-state index contributed by atoms with van der Waals surface area (Å²) in [6, 6.07) is 7.25. The fraction of sp³-hybridized carbons (Fsp3) is 0.319. The van der Waals surface area contributed by atoms with Crippen LogP contribution in [0.15, 0.2) is 63.8 Å². The zero-order chi connectivity index (χ0) is 57.9. The largest absolute Gasteiger partial charge is 0.534 e. The molecule has 0 radical (unpaired) electrons. The molecule has 2 aliphatic heterocycles. The smallest absolute Gasteiger partial charge is 0.469 e. The lowest BCUT2D eigenvalue weighted by molar-refractivity contribution is -0.140. The number of nitrogens with one attached hydrogen (secondary N) is 2. The van der Waals surface area contributed by atoms with Gasteiger partial charge in [-0.2, -0.15) is 52.0 Å². The first kappa shape index (κ1) is 57.0. The second kappa shape index (κ2) is 20.9. The van der Waals surface area contributed by atoms with Crippen LogP contribution in [0.2, 0.25) is 0 Å². The molecule has 79 heavy (non-hydrogen) atoms. The molecule has 0 atom stereocenters. The molecule has 2 amide bonds. The molecule has 0 saturated heterocycles. The molecule has 0 bridgehead atoms. The van der Waals surface area contributed by atoms with Crippen molar-refractivity contribution in [1.29, 1.82) is 0 Å². The van der Waals surface area contributed by atoms with Crippen LogP contribution in [0.1, 0.15) is 86.3 Å². The van der Waals surface area contributed by atoms with E-state index in [1.54, 1.807) is 17.0 Å². The molecule has 4 aromatic carbocycles. The van der Waals surface area contributed by atoms with Gasteiger partial charge in [0.1, 0.15) is 11.1 Å². The Labute approximate surface area is 436 Å². The molecule has 1 aromatic heterocycles.